The number of ether oxygens (including phenoxy) is 2. The van der Waals surface area contributed by atoms with Crippen LogP contribution in [0.4, 0.5) is 8.63 Å². The van der Waals surface area contributed by atoms with E-state index in [0.717, 1.165) is 33.7 Å². The zero-order chi connectivity index (χ0) is 28.0. The van der Waals surface area contributed by atoms with E-state index in [0.29, 0.717) is 34.3 Å². The minimum absolute atomic E-state index is 0.226. The van der Waals surface area contributed by atoms with E-state index < -0.39 is 6.97 Å². The van der Waals surface area contributed by atoms with Gasteiger partial charge in [-0.25, -0.2) is 0 Å². The Morgan fingerprint density at radius 1 is 0.825 bits per heavy atom. The second-order valence-corrected chi connectivity index (χ2v) is 10.2. The second kappa shape index (κ2) is 9.90. The van der Waals surface area contributed by atoms with E-state index in [1.807, 2.05) is 80.6 Å². The topological polar surface area (TPSA) is 52.2 Å². The summed E-state index contributed by atoms with van der Waals surface area (Å²) < 4.78 is 46.9. The Morgan fingerprint density at radius 2 is 1.48 bits per heavy atom. The van der Waals surface area contributed by atoms with E-state index in [1.165, 1.54) is 8.96 Å². The molecule has 5 heterocycles. The highest BCUT2D eigenvalue weighted by Gasteiger charge is 2.55. The lowest BCUT2D eigenvalue weighted by Crippen LogP contribution is -2.51. The molecular formula is C31H29BF2N4O2. The van der Waals surface area contributed by atoms with E-state index in [-0.39, 0.29) is 13.2 Å². The fourth-order valence-corrected chi connectivity index (χ4v) is 5.74. The summed E-state index contributed by atoms with van der Waals surface area (Å²) in [4.78, 5) is 8.71. The van der Waals surface area contributed by atoms with Gasteiger partial charge in [0.1, 0.15) is 18.9 Å². The van der Waals surface area contributed by atoms with Crippen LogP contribution in [0.3, 0.4) is 0 Å². The number of benzene rings is 1. The van der Waals surface area contributed by atoms with Crippen molar-refractivity contribution in [2.75, 3.05) is 0 Å². The van der Waals surface area contributed by atoms with Gasteiger partial charge in [-0.05, 0) is 80.1 Å². The van der Waals surface area contributed by atoms with Crippen LogP contribution in [0.1, 0.15) is 47.8 Å². The fourth-order valence-electron chi connectivity index (χ4n) is 5.74. The van der Waals surface area contributed by atoms with E-state index in [9.17, 15) is 0 Å². The highest BCUT2D eigenvalue weighted by molar-refractivity contribution is 6.58. The van der Waals surface area contributed by atoms with Crippen molar-refractivity contribution in [2.24, 2.45) is 0 Å². The van der Waals surface area contributed by atoms with Gasteiger partial charge in [-0.2, -0.15) is 0 Å². The Balaban J connectivity index is 1.49. The molecule has 0 bridgehead atoms. The summed E-state index contributed by atoms with van der Waals surface area (Å²) >= 11 is 0. The first-order valence-electron chi connectivity index (χ1n) is 13.2. The standard InChI is InChI=1S/C31H29BF2N4O2/c1-20-15-22(3)37-30(20)29(31-21(2)16-23(4)38(31)32(37,33)34)24-11-12-27(39-18-25-9-5-7-13-35-25)28(17-24)40-19-26-10-6-8-14-36-26/h5-17H,18-19H2,1-4H3. The van der Waals surface area contributed by atoms with Crippen molar-refractivity contribution in [1.82, 2.24) is 14.4 Å². The van der Waals surface area contributed by atoms with E-state index in [4.69, 9.17) is 9.47 Å². The second-order valence-electron chi connectivity index (χ2n) is 10.2. The lowest BCUT2D eigenvalue weighted by atomic mass is 9.83. The molecule has 40 heavy (non-hydrogen) atoms. The summed E-state index contributed by atoms with van der Waals surface area (Å²) in [6, 6.07) is 18.7. The van der Waals surface area contributed by atoms with Gasteiger partial charge in [0.15, 0.2) is 17.2 Å². The molecule has 6 nitrogen and oxygen atoms in total. The number of pyridine rings is 2. The molecule has 202 valence electrons. The monoisotopic (exact) mass is 538 g/mol. The molecule has 3 aromatic heterocycles. The first-order valence-corrected chi connectivity index (χ1v) is 13.2. The first kappa shape index (κ1) is 25.7. The van der Waals surface area contributed by atoms with Gasteiger partial charge >= 0.3 is 6.97 Å². The molecule has 0 fully saturated rings. The molecule has 6 rings (SSSR count). The molecule has 2 aliphatic rings. The maximum Gasteiger partial charge on any atom is 0.737 e. The average molecular weight is 538 g/mol. The molecule has 0 amide bonds. The highest BCUT2D eigenvalue weighted by atomic mass is 19.2. The third-order valence-corrected chi connectivity index (χ3v) is 7.37. The molecule has 4 aromatic rings. The molecular weight excluding hydrogens is 509 g/mol. The van der Waals surface area contributed by atoms with Crippen LogP contribution in [-0.4, -0.2) is 31.6 Å². The number of aryl methyl sites for hydroxylation is 2. The number of allylic oxidation sites excluding steroid dienone is 2. The molecule has 0 saturated heterocycles. The molecule has 0 radical (unpaired) electrons. The minimum atomic E-state index is -4.05. The SMILES string of the molecule is CC1=CC(C)=[N+]2C1=C(c1ccc(OCc3ccccn3)c(OCc3ccccn3)c1)c1c(C)cc(C)n1[B-]2(F)F. The molecule has 2 aliphatic heterocycles. The van der Waals surface area contributed by atoms with Gasteiger partial charge in [0.05, 0.1) is 17.0 Å². The number of hydrogen-bond acceptors (Lipinski definition) is 4. The smallest absolute Gasteiger partial charge is 0.483 e. The molecule has 0 spiro atoms. The van der Waals surface area contributed by atoms with Crippen LogP contribution in [0.15, 0.2) is 90.4 Å². The summed E-state index contributed by atoms with van der Waals surface area (Å²) in [5.41, 5.74) is 6.72. The Bertz CT molecular complexity index is 1710. The zero-order valence-corrected chi connectivity index (χ0v) is 22.9. The quantitative estimate of drug-likeness (QED) is 0.253. The number of halogens is 2. The van der Waals surface area contributed by atoms with E-state index >= 15 is 8.63 Å². The van der Waals surface area contributed by atoms with Crippen LogP contribution in [0.2, 0.25) is 0 Å². The summed E-state index contributed by atoms with van der Waals surface area (Å²) in [6.45, 7) is 3.66. The van der Waals surface area contributed by atoms with Crippen LogP contribution >= 0.6 is 0 Å². The summed E-state index contributed by atoms with van der Waals surface area (Å²) in [5.74, 6) is 1.03. The maximum absolute atomic E-state index is 16.1. The van der Waals surface area contributed by atoms with Gasteiger partial charge in [0.25, 0.3) is 0 Å². The summed E-state index contributed by atoms with van der Waals surface area (Å²) in [5, 5.41) is 0. The Morgan fingerprint density at radius 3 is 2.10 bits per heavy atom. The van der Waals surface area contributed by atoms with Crippen molar-refractivity contribution in [3.05, 3.63) is 124 Å². The number of hydrogen-bond donors (Lipinski definition) is 0. The Labute approximate surface area is 232 Å². The molecule has 0 unspecified atom stereocenters. The normalized spacial score (nSPS) is 15.6. The van der Waals surface area contributed by atoms with Crippen molar-refractivity contribution in [2.45, 2.75) is 40.9 Å². The van der Waals surface area contributed by atoms with Gasteiger partial charge in [0, 0.05) is 36.7 Å². The van der Waals surface area contributed by atoms with Gasteiger partial charge in [-0.3, -0.25) is 9.97 Å². The first-order chi connectivity index (χ1) is 19.3. The predicted molar refractivity (Wildman–Crippen MR) is 152 cm³/mol. The minimum Gasteiger partial charge on any atom is -0.483 e. The lowest BCUT2D eigenvalue weighted by molar-refractivity contribution is -0.363. The average Bonchev–Trinajstić information content (AvgIpc) is 3.42. The molecule has 0 N–H and O–H groups in total. The number of fused-ring (bicyclic) bond motifs is 2. The number of nitrogens with zero attached hydrogens (tertiary/aromatic N) is 4. The Kier molecular flexibility index (Phi) is 6.37. The van der Waals surface area contributed by atoms with Gasteiger partial charge in [-0.1, -0.05) is 18.2 Å². The van der Waals surface area contributed by atoms with Gasteiger partial charge < -0.3 is 27.1 Å². The molecule has 9 heteroatoms. The molecule has 0 atom stereocenters. The zero-order valence-electron chi connectivity index (χ0n) is 22.9. The Hall–Kier alpha value is -4.53. The molecule has 0 saturated carbocycles. The van der Waals surface area contributed by atoms with Crippen LogP contribution in [0.25, 0.3) is 5.57 Å². The van der Waals surface area contributed by atoms with Crippen LogP contribution in [0, 0.1) is 13.8 Å². The van der Waals surface area contributed by atoms with Crippen molar-refractivity contribution in [3.8, 4) is 11.5 Å². The third kappa shape index (κ3) is 4.31. The van der Waals surface area contributed by atoms with Gasteiger partial charge in [-0.15, -0.1) is 0 Å². The largest absolute Gasteiger partial charge is 0.737 e. The number of rotatable bonds is 7. The van der Waals surface area contributed by atoms with Crippen molar-refractivity contribution in [3.63, 3.8) is 0 Å². The van der Waals surface area contributed by atoms with E-state index in [1.54, 1.807) is 26.2 Å². The summed E-state index contributed by atoms with van der Waals surface area (Å²) in [6.07, 6.45) is 5.26. The van der Waals surface area contributed by atoms with Crippen LogP contribution in [-0.2, 0) is 13.2 Å². The lowest BCUT2D eigenvalue weighted by Gasteiger charge is -2.34. The van der Waals surface area contributed by atoms with Crippen molar-refractivity contribution >= 4 is 18.3 Å². The molecule has 1 aromatic carbocycles. The number of aromatic nitrogens is 3. The van der Waals surface area contributed by atoms with Crippen LogP contribution in [0.5, 0.6) is 11.5 Å². The molecule has 0 aliphatic carbocycles. The van der Waals surface area contributed by atoms with Crippen LogP contribution < -0.4 is 9.47 Å². The fraction of sp³-hybridized carbons (Fsp3) is 0.194. The van der Waals surface area contributed by atoms with Gasteiger partial charge in [0.2, 0.25) is 0 Å². The van der Waals surface area contributed by atoms with Crippen molar-refractivity contribution in [1.29, 1.82) is 0 Å². The highest BCUT2D eigenvalue weighted by Crippen LogP contribution is 2.45. The van der Waals surface area contributed by atoms with Crippen molar-refractivity contribution < 1.29 is 22.6 Å². The predicted octanol–water partition coefficient (Wildman–Crippen LogP) is 6.48. The van der Waals surface area contributed by atoms with E-state index in [2.05, 4.69) is 9.97 Å². The summed E-state index contributed by atoms with van der Waals surface area (Å²) in [7, 11) is 0. The third-order valence-electron chi connectivity index (χ3n) is 7.37. The maximum atomic E-state index is 16.1.